The Balaban J connectivity index is 2.18. The van der Waals surface area contributed by atoms with Gasteiger partial charge in [0.1, 0.15) is 0 Å². The summed E-state index contributed by atoms with van der Waals surface area (Å²) in [6.45, 7) is 0. The smallest absolute Gasteiger partial charge is 0.0242 e. The SMILES string of the molecule is C#Cc1ccc(C2CCCC2)cc1. The fourth-order valence-corrected chi connectivity index (χ4v) is 2.11. The molecule has 0 bridgehead atoms. The highest BCUT2D eigenvalue weighted by Gasteiger charge is 2.16. The topological polar surface area (TPSA) is 0 Å². The van der Waals surface area contributed by atoms with Crippen molar-refractivity contribution >= 4 is 0 Å². The Labute approximate surface area is 80.0 Å². The van der Waals surface area contributed by atoms with Gasteiger partial charge in [0.15, 0.2) is 0 Å². The molecule has 1 fully saturated rings. The second-order valence-corrected chi connectivity index (χ2v) is 3.75. The number of terminal acetylenes is 1. The Bertz CT molecular complexity index is 307. The lowest BCUT2D eigenvalue weighted by Crippen LogP contribution is -1.91. The highest BCUT2D eigenvalue weighted by molar-refractivity contribution is 5.35. The Kier molecular flexibility index (Phi) is 2.36. The molecule has 2 rings (SSSR count). The third kappa shape index (κ3) is 1.75. The molecular formula is C13H14. The minimum Gasteiger partial charge on any atom is -0.115 e. The monoisotopic (exact) mass is 170 g/mol. The van der Waals surface area contributed by atoms with E-state index in [1.54, 1.807) is 0 Å². The quantitative estimate of drug-likeness (QED) is 0.567. The highest BCUT2D eigenvalue weighted by Crippen LogP contribution is 2.33. The Morgan fingerprint density at radius 1 is 1.08 bits per heavy atom. The molecule has 13 heavy (non-hydrogen) atoms. The zero-order chi connectivity index (χ0) is 9.10. The van der Waals surface area contributed by atoms with Crippen molar-refractivity contribution in [3.05, 3.63) is 35.4 Å². The van der Waals surface area contributed by atoms with Crippen molar-refractivity contribution in [3.8, 4) is 12.3 Å². The molecule has 0 aliphatic heterocycles. The highest BCUT2D eigenvalue weighted by atomic mass is 14.2. The van der Waals surface area contributed by atoms with Crippen molar-refractivity contribution in [1.82, 2.24) is 0 Å². The molecule has 0 unspecified atom stereocenters. The van der Waals surface area contributed by atoms with E-state index in [-0.39, 0.29) is 0 Å². The summed E-state index contributed by atoms with van der Waals surface area (Å²) in [6.07, 6.45) is 10.8. The van der Waals surface area contributed by atoms with Crippen LogP contribution in [0.25, 0.3) is 0 Å². The lowest BCUT2D eigenvalue weighted by molar-refractivity contribution is 0.723. The molecule has 0 N–H and O–H groups in total. The third-order valence-corrected chi connectivity index (χ3v) is 2.90. The minimum atomic E-state index is 0.798. The molecule has 0 heterocycles. The van der Waals surface area contributed by atoms with Gasteiger partial charge in [0.05, 0.1) is 0 Å². The lowest BCUT2D eigenvalue weighted by atomic mass is 9.97. The molecular weight excluding hydrogens is 156 g/mol. The predicted octanol–water partition coefficient (Wildman–Crippen LogP) is 3.33. The van der Waals surface area contributed by atoms with Gasteiger partial charge in [-0.15, -0.1) is 6.42 Å². The van der Waals surface area contributed by atoms with E-state index >= 15 is 0 Å². The van der Waals surface area contributed by atoms with Gasteiger partial charge in [0, 0.05) is 5.56 Å². The maximum absolute atomic E-state index is 5.30. The summed E-state index contributed by atoms with van der Waals surface area (Å²) in [5.74, 6) is 3.44. The van der Waals surface area contributed by atoms with Gasteiger partial charge < -0.3 is 0 Å². The molecule has 0 spiro atoms. The Hall–Kier alpha value is -1.22. The van der Waals surface area contributed by atoms with E-state index in [4.69, 9.17) is 6.42 Å². The first-order valence-electron chi connectivity index (χ1n) is 4.97. The zero-order valence-corrected chi connectivity index (χ0v) is 7.79. The van der Waals surface area contributed by atoms with Gasteiger partial charge in [-0.3, -0.25) is 0 Å². The van der Waals surface area contributed by atoms with Crippen LogP contribution in [0.5, 0.6) is 0 Å². The first-order chi connectivity index (χ1) is 6.40. The van der Waals surface area contributed by atoms with Gasteiger partial charge in [0.25, 0.3) is 0 Å². The van der Waals surface area contributed by atoms with Crippen LogP contribution < -0.4 is 0 Å². The first kappa shape index (κ1) is 8.38. The van der Waals surface area contributed by atoms with Gasteiger partial charge in [-0.2, -0.15) is 0 Å². The van der Waals surface area contributed by atoms with Crippen LogP contribution >= 0.6 is 0 Å². The van der Waals surface area contributed by atoms with Crippen LogP contribution in [-0.2, 0) is 0 Å². The zero-order valence-electron chi connectivity index (χ0n) is 7.79. The van der Waals surface area contributed by atoms with E-state index in [1.807, 2.05) is 12.1 Å². The van der Waals surface area contributed by atoms with Crippen LogP contribution in [-0.4, -0.2) is 0 Å². The number of hydrogen-bond donors (Lipinski definition) is 0. The second-order valence-electron chi connectivity index (χ2n) is 3.75. The fourth-order valence-electron chi connectivity index (χ4n) is 2.11. The molecule has 1 aromatic rings. The lowest BCUT2D eigenvalue weighted by Gasteiger charge is -2.08. The van der Waals surface area contributed by atoms with Crippen molar-refractivity contribution in [3.63, 3.8) is 0 Å². The van der Waals surface area contributed by atoms with Crippen molar-refractivity contribution in [2.24, 2.45) is 0 Å². The average molecular weight is 170 g/mol. The normalized spacial score (nSPS) is 17.2. The summed E-state index contributed by atoms with van der Waals surface area (Å²) >= 11 is 0. The number of benzene rings is 1. The molecule has 1 aliphatic rings. The van der Waals surface area contributed by atoms with E-state index in [2.05, 4.69) is 18.1 Å². The molecule has 0 atom stereocenters. The van der Waals surface area contributed by atoms with Crippen LogP contribution in [0.1, 0.15) is 42.7 Å². The van der Waals surface area contributed by atoms with Gasteiger partial charge >= 0.3 is 0 Å². The van der Waals surface area contributed by atoms with E-state index in [1.165, 1.54) is 31.2 Å². The fraction of sp³-hybridized carbons (Fsp3) is 0.385. The Morgan fingerprint density at radius 3 is 2.23 bits per heavy atom. The minimum absolute atomic E-state index is 0.798. The molecule has 0 saturated heterocycles. The molecule has 0 amide bonds. The van der Waals surface area contributed by atoms with Gasteiger partial charge in [-0.25, -0.2) is 0 Å². The Morgan fingerprint density at radius 2 is 1.69 bits per heavy atom. The van der Waals surface area contributed by atoms with Crippen LogP contribution in [0.3, 0.4) is 0 Å². The summed E-state index contributed by atoms with van der Waals surface area (Å²) in [4.78, 5) is 0. The molecule has 66 valence electrons. The van der Waals surface area contributed by atoms with E-state index in [9.17, 15) is 0 Å². The summed E-state index contributed by atoms with van der Waals surface area (Å²) in [5, 5.41) is 0. The van der Waals surface area contributed by atoms with Crippen LogP contribution in [0.4, 0.5) is 0 Å². The van der Waals surface area contributed by atoms with Crippen LogP contribution in [0, 0.1) is 12.3 Å². The number of rotatable bonds is 1. The van der Waals surface area contributed by atoms with E-state index in [0.717, 1.165) is 11.5 Å². The van der Waals surface area contributed by atoms with E-state index in [0.29, 0.717) is 0 Å². The number of hydrogen-bond acceptors (Lipinski definition) is 0. The maximum Gasteiger partial charge on any atom is 0.0242 e. The summed E-state index contributed by atoms with van der Waals surface area (Å²) in [5.41, 5.74) is 2.46. The van der Waals surface area contributed by atoms with Gasteiger partial charge in [0.2, 0.25) is 0 Å². The second kappa shape index (κ2) is 3.66. The standard InChI is InChI=1S/C13H14/c1-2-11-7-9-13(10-8-11)12-5-3-4-6-12/h1,7-10,12H,3-6H2. The molecule has 0 radical (unpaired) electrons. The predicted molar refractivity (Wildman–Crippen MR) is 55.6 cm³/mol. The summed E-state index contributed by atoms with van der Waals surface area (Å²) in [6, 6.07) is 8.47. The van der Waals surface area contributed by atoms with Crippen LogP contribution in [0.15, 0.2) is 24.3 Å². The molecule has 0 aromatic heterocycles. The van der Waals surface area contributed by atoms with Gasteiger partial charge in [-0.05, 0) is 36.5 Å². The first-order valence-corrected chi connectivity index (χ1v) is 4.97. The van der Waals surface area contributed by atoms with Crippen LogP contribution in [0.2, 0.25) is 0 Å². The molecule has 1 aromatic carbocycles. The van der Waals surface area contributed by atoms with Crippen molar-refractivity contribution < 1.29 is 0 Å². The van der Waals surface area contributed by atoms with Crippen molar-refractivity contribution in [2.75, 3.05) is 0 Å². The van der Waals surface area contributed by atoms with Crippen molar-refractivity contribution in [1.29, 1.82) is 0 Å². The summed E-state index contributed by atoms with van der Waals surface area (Å²) < 4.78 is 0. The van der Waals surface area contributed by atoms with E-state index < -0.39 is 0 Å². The molecule has 1 saturated carbocycles. The maximum atomic E-state index is 5.30. The van der Waals surface area contributed by atoms with Gasteiger partial charge in [-0.1, -0.05) is 30.9 Å². The largest absolute Gasteiger partial charge is 0.115 e. The molecule has 0 nitrogen and oxygen atoms in total. The van der Waals surface area contributed by atoms with Crippen molar-refractivity contribution in [2.45, 2.75) is 31.6 Å². The summed E-state index contributed by atoms with van der Waals surface area (Å²) in [7, 11) is 0. The molecule has 1 aliphatic carbocycles. The average Bonchev–Trinajstić information content (AvgIpc) is 2.71. The molecule has 0 heteroatoms. The third-order valence-electron chi connectivity index (χ3n) is 2.90.